The topological polar surface area (TPSA) is 131 Å². The summed E-state index contributed by atoms with van der Waals surface area (Å²) in [7, 11) is 0. The quantitative estimate of drug-likeness (QED) is 0.665. The average Bonchev–Trinajstić information content (AvgIpc) is 3.11. The third kappa shape index (κ3) is 3.26. The van der Waals surface area contributed by atoms with Gasteiger partial charge in [-0.05, 0) is 49.8 Å². The number of carboxylic acids is 1. The van der Waals surface area contributed by atoms with Gasteiger partial charge in [0.1, 0.15) is 6.04 Å². The molecule has 1 saturated carbocycles. The molecular weight excluding hydrogens is 410 g/mol. The van der Waals surface area contributed by atoms with Gasteiger partial charge < -0.3 is 20.6 Å². The van der Waals surface area contributed by atoms with Crippen molar-refractivity contribution in [3.8, 4) is 6.07 Å². The molecule has 0 radical (unpaired) electrons. The van der Waals surface area contributed by atoms with Crippen LogP contribution in [-0.4, -0.2) is 80.9 Å². The molecule has 9 nitrogen and oxygen atoms in total. The Kier molecular flexibility index (Phi) is 4.95. The summed E-state index contributed by atoms with van der Waals surface area (Å²) in [4.78, 5) is 42.9. The number of amides is 2. The normalized spacial score (nSPS) is 32.5. The molecule has 2 amide bonds. The summed E-state index contributed by atoms with van der Waals surface area (Å²) in [5.41, 5.74) is 7.25. The summed E-state index contributed by atoms with van der Waals surface area (Å²) in [5, 5.41) is 18.6. The monoisotopic (exact) mass is 437 g/mol. The summed E-state index contributed by atoms with van der Waals surface area (Å²) in [5.74, 6) is -0.748. The number of piperazine rings is 1. The van der Waals surface area contributed by atoms with Crippen LogP contribution in [0.1, 0.15) is 48.1 Å². The van der Waals surface area contributed by atoms with Crippen LogP contribution in [-0.2, 0) is 9.59 Å². The van der Waals surface area contributed by atoms with Crippen molar-refractivity contribution in [2.24, 2.45) is 11.7 Å². The second-order valence-corrected chi connectivity index (χ2v) is 9.51. The van der Waals surface area contributed by atoms with E-state index < -0.39 is 12.0 Å². The van der Waals surface area contributed by atoms with Gasteiger partial charge in [-0.3, -0.25) is 14.5 Å². The largest absolute Gasteiger partial charge is 0.478 e. The lowest BCUT2D eigenvalue weighted by Gasteiger charge is -2.38. The number of nitrogens with two attached hydrogens (primary N) is 1. The number of piperidine rings is 1. The maximum absolute atomic E-state index is 13.2. The smallest absolute Gasteiger partial charge is 0.335 e. The van der Waals surface area contributed by atoms with E-state index in [2.05, 4.69) is 6.07 Å². The molecule has 0 aromatic heterocycles. The molecule has 168 valence electrons. The van der Waals surface area contributed by atoms with Crippen LogP contribution in [0.4, 0.5) is 0 Å². The molecule has 1 aromatic carbocycles. The van der Waals surface area contributed by atoms with E-state index in [1.807, 2.05) is 22.8 Å². The van der Waals surface area contributed by atoms with Crippen LogP contribution in [0.5, 0.6) is 0 Å². The van der Waals surface area contributed by atoms with Crippen molar-refractivity contribution in [1.29, 1.82) is 5.26 Å². The highest BCUT2D eigenvalue weighted by Gasteiger charge is 2.56. The molecule has 3 N–H and O–H groups in total. The Hall–Kier alpha value is -2.96. The Morgan fingerprint density at radius 1 is 1.31 bits per heavy atom. The molecular formula is C23H27N5O4. The van der Waals surface area contributed by atoms with Crippen molar-refractivity contribution in [3.63, 3.8) is 0 Å². The van der Waals surface area contributed by atoms with Gasteiger partial charge in [0.05, 0.1) is 29.8 Å². The lowest BCUT2D eigenvalue weighted by molar-refractivity contribution is -0.141. The van der Waals surface area contributed by atoms with Crippen LogP contribution >= 0.6 is 0 Å². The third-order valence-corrected chi connectivity index (χ3v) is 7.60. The fraction of sp³-hybridized carbons (Fsp3) is 0.565. The third-order valence-electron chi connectivity index (χ3n) is 7.60. The molecule has 9 heteroatoms. The Morgan fingerprint density at radius 2 is 2.09 bits per heavy atom. The Bertz CT molecular complexity index is 1020. The maximum Gasteiger partial charge on any atom is 0.335 e. The van der Waals surface area contributed by atoms with Crippen LogP contribution in [0.3, 0.4) is 0 Å². The van der Waals surface area contributed by atoms with Crippen LogP contribution < -0.4 is 5.73 Å². The molecule has 2 bridgehead atoms. The van der Waals surface area contributed by atoms with Gasteiger partial charge >= 0.3 is 5.97 Å². The number of carbonyl (C=O) groups excluding carboxylic acids is 2. The zero-order valence-electron chi connectivity index (χ0n) is 17.9. The van der Waals surface area contributed by atoms with Gasteiger partial charge in [0.2, 0.25) is 11.8 Å². The van der Waals surface area contributed by atoms with E-state index in [0.29, 0.717) is 25.4 Å². The maximum atomic E-state index is 13.2. The fourth-order valence-electron chi connectivity index (χ4n) is 5.90. The number of carboxylic acid groups (broad SMARTS) is 1. The number of hydrogen-bond acceptors (Lipinski definition) is 6. The molecule has 1 unspecified atom stereocenters. The van der Waals surface area contributed by atoms with Crippen molar-refractivity contribution in [2.75, 3.05) is 13.1 Å². The van der Waals surface area contributed by atoms with Gasteiger partial charge in [0, 0.05) is 25.2 Å². The first-order valence-corrected chi connectivity index (χ1v) is 11.2. The number of likely N-dealkylation sites (tertiary alicyclic amines) is 3. The predicted octanol–water partition coefficient (Wildman–Crippen LogP) is 0.571. The standard InChI is InChI=1S/C23H27N5O4/c1-12(13-3-2-4-14(5-13)23(31)32)27-17-8-20(22(27)30)26(10-17)11-18(25)21(29)28-16(9-24)6-15-7-19(15)28/h2-5,12,15-20H,6-8,10-11,25H2,1H3,(H,31,32)/t12-,15?,16-,17-,18-,19-,20-/m0/s1. The molecule has 0 spiro atoms. The molecule has 3 aliphatic heterocycles. The lowest BCUT2D eigenvalue weighted by atomic mass is 10.0. The molecule has 4 aliphatic rings. The minimum atomic E-state index is -0.993. The van der Waals surface area contributed by atoms with E-state index >= 15 is 0 Å². The van der Waals surface area contributed by atoms with Crippen LogP contribution in [0.15, 0.2) is 24.3 Å². The van der Waals surface area contributed by atoms with E-state index in [0.717, 1.165) is 18.4 Å². The molecule has 1 aliphatic carbocycles. The zero-order valence-corrected chi connectivity index (χ0v) is 17.9. The van der Waals surface area contributed by atoms with Crippen LogP contribution in [0.25, 0.3) is 0 Å². The number of aromatic carboxylic acids is 1. The van der Waals surface area contributed by atoms with E-state index in [1.165, 1.54) is 6.07 Å². The molecule has 3 saturated heterocycles. The number of nitriles is 1. The summed E-state index contributed by atoms with van der Waals surface area (Å²) in [6.07, 6.45) is 2.37. The van der Waals surface area contributed by atoms with Gasteiger partial charge in [0.25, 0.3) is 0 Å². The minimum Gasteiger partial charge on any atom is -0.478 e. The van der Waals surface area contributed by atoms with Crippen LogP contribution in [0, 0.1) is 17.2 Å². The highest BCUT2D eigenvalue weighted by atomic mass is 16.4. The van der Waals surface area contributed by atoms with Crippen molar-refractivity contribution < 1.29 is 19.5 Å². The summed E-state index contributed by atoms with van der Waals surface area (Å²) < 4.78 is 0. The SMILES string of the molecule is C[C@@H](c1cccc(C(=O)O)c1)N1C(=O)[C@@H]2C[C@H]1CN2C[C@H](N)C(=O)N1[C@H](C#N)CC2C[C@@H]21. The van der Waals surface area contributed by atoms with E-state index in [4.69, 9.17) is 5.73 Å². The number of benzene rings is 1. The van der Waals surface area contributed by atoms with Crippen molar-refractivity contribution in [1.82, 2.24) is 14.7 Å². The van der Waals surface area contributed by atoms with Crippen molar-refractivity contribution >= 4 is 17.8 Å². The minimum absolute atomic E-state index is 0.00439. The van der Waals surface area contributed by atoms with Gasteiger partial charge in [-0.2, -0.15) is 5.26 Å². The molecule has 3 heterocycles. The number of hydrogen-bond donors (Lipinski definition) is 2. The van der Waals surface area contributed by atoms with Gasteiger partial charge in [-0.25, -0.2) is 4.79 Å². The number of fused-ring (bicyclic) bond motifs is 3. The number of carbonyl (C=O) groups is 3. The summed E-state index contributed by atoms with van der Waals surface area (Å²) >= 11 is 0. The Balaban J connectivity index is 1.24. The first kappa shape index (κ1) is 20.9. The molecule has 5 rings (SSSR count). The van der Waals surface area contributed by atoms with Crippen LogP contribution in [0.2, 0.25) is 0 Å². The first-order valence-electron chi connectivity index (χ1n) is 11.2. The van der Waals surface area contributed by atoms with Gasteiger partial charge in [-0.15, -0.1) is 0 Å². The average molecular weight is 438 g/mol. The Labute approximate surface area is 186 Å². The van der Waals surface area contributed by atoms with E-state index in [-0.39, 0.29) is 47.6 Å². The van der Waals surface area contributed by atoms with Crippen molar-refractivity contribution in [2.45, 2.75) is 62.4 Å². The highest BCUT2D eigenvalue weighted by Crippen LogP contribution is 2.48. The summed E-state index contributed by atoms with van der Waals surface area (Å²) in [6.45, 7) is 2.85. The first-order chi connectivity index (χ1) is 15.3. The molecule has 4 fully saturated rings. The summed E-state index contributed by atoms with van der Waals surface area (Å²) in [6, 6.07) is 7.39. The Morgan fingerprint density at radius 3 is 2.78 bits per heavy atom. The van der Waals surface area contributed by atoms with E-state index in [1.54, 1.807) is 17.0 Å². The number of nitrogens with zero attached hydrogens (tertiary/aromatic N) is 4. The molecule has 1 aromatic rings. The highest BCUT2D eigenvalue weighted by molar-refractivity contribution is 5.89. The molecule has 7 atom stereocenters. The predicted molar refractivity (Wildman–Crippen MR) is 113 cm³/mol. The molecule has 32 heavy (non-hydrogen) atoms. The van der Waals surface area contributed by atoms with Gasteiger partial charge in [0.15, 0.2) is 0 Å². The zero-order chi connectivity index (χ0) is 22.7. The van der Waals surface area contributed by atoms with Gasteiger partial charge in [-0.1, -0.05) is 12.1 Å². The van der Waals surface area contributed by atoms with Crippen molar-refractivity contribution in [3.05, 3.63) is 35.4 Å². The fourth-order valence-corrected chi connectivity index (χ4v) is 5.90. The second-order valence-electron chi connectivity index (χ2n) is 9.51. The van der Waals surface area contributed by atoms with E-state index in [9.17, 15) is 24.8 Å². The number of rotatable bonds is 6. The second kappa shape index (κ2) is 7.57. The lowest BCUT2D eigenvalue weighted by Crippen LogP contribution is -2.57.